The van der Waals surface area contributed by atoms with Crippen molar-refractivity contribution in [2.75, 3.05) is 19.6 Å². The van der Waals surface area contributed by atoms with Crippen LogP contribution in [0.3, 0.4) is 0 Å². The fourth-order valence-electron chi connectivity index (χ4n) is 3.22. The molecule has 0 aromatic heterocycles. The Hall–Kier alpha value is -1.06. The molecule has 0 saturated carbocycles. The first-order valence-corrected chi connectivity index (χ1v) is 8.10. The zero-order valence-corrected chi connectivity index (χ0v) is 13.1. The molecular weight excluding hydrogens is 252 g/mol. The van der Waals surface area contributed by atoms with E-state index in [1.165, 1.54) is 0 Å². The third-order valence-corrected chi connectivity index (χ3v) is 4.66. The van der Waals surface area contributed by atoms with Crippen molar-refractivity contribution in [2.45, 2.75) is 58.9 Å². The Morgan fingerprint density at radius 3 is 2.25 bits per heavy atom. The minimum Gasteiger partial charge on any atom is -0.341 e. The number of rotatable bonds is 2. The summed E-state index contributed by atoms with van der Waals surface area (Å²) >= 11 is 0. The molecule has 0 radical (unpaired) electrons. The quantitative estimate of drug-likeness (QED) is 0.778. The zero-order chi connectivity index (χ0) is 14.7. The van der Waals surface area contributed by atoms with Crippen molar-refractivity contribution in [2.24, 2.45) is 11.8 Å². The minimum absolute atomic E-state index is 0.0234. The summed E-state index contributed by atoms with van der Waals surface area (Å²) in [5.41, 5.74) is 0. The van der Waals surface area contributed by atoms with Crippen LogP contribution in [0.1, 0.15) is 52.9 Å². The van der Waals surface area contributed by atoms with Crippen LogP contribution in [-0.2, 0) is 9.59 Å². The van der Waals surface area contributed by atoms with E-state index in [1.807, 2.05) is 23.6 Å². The van der Waals surface area contributed by atoms with Gasteiger partial charge >= 0.3 is 0 Å². The van der Waals surface area contributed by atoms with Crippen LogP contribution in [0.2, 0.25) is 0 Å². The first kappa shape index (κ1) is 15.3. The maximum atomic E-state index is 12.7. The fraction of sp³-hybridized carbons (Fsp3) is 0.875. The Labute approximate surface area is 122 Å². The maximum absolute atomic E-state index is 12.7. The highest BCUT2D eigenvalue weighted by Crippen LogP contribution is 2.24. The first-order chi connectivity index (χ1) is 9.50. The predicted octanol–water partition coefficient (Wildman–Crippen LogP) is 2.28. The van der Waals surface area contributed by atoms with Gasteiger partial charge in [0.15, 0.2) is 0 Å². The molecule has 4 nitrogen and oxygen atoms in total. The molecule has 2 aliphatic rings. The van der Waals surface area contributed by atoms with Crippen molar-refractivity contribution >= 4 is 11.8 Å². The van der Waals surface area contributed by atoms with Crippen LogP contribution in [0, 0.1) is 11.8 Å². The van der Waals surface area contributed by atoms with Crippen LogP contribution in [0.25, 0.3) is 0 Å². The van der Waals surface area contributed by atoms with E-state index in [9.17, 15) is 9.59 Å². The summed E-state index contributed by atoms with van der Waals surface area (Å²) in [4.78, 5) is 28.9. The standard InChI is InChI=1S/C16H28N2O2/c1-12(2)15(19)18-9-5-4-6-14(18)16(20)17-10-7-13(3)8-11-17/h12-14H,4-11H2,1-3H3. The van der Waals surface area contributed by atoms with Crippen LogP contribution in [0.5, 0.6) is 0 Å². The van der Waals surface area contributed by atoms with Crippen LogP contribution >= 0.6 is 0 Å². The van der Waals surface area contributed by atoms with Gasteiger partial charge < -0.3 is 9.80 Å². The summed E-state index contributed by atoms with van der Waals surface area (Å²) < 4.78 is 0. The second-order valence-electron chi connectivity index (χ2n) is 6.71. The van der Waals surface area contributed by atoms with Gasteiger partial charge in [0, 0.05) is 25.6 Å². The van der Waals surface area contributed by atoms with Gasteiger partial charge in [-0.2, -0.15) is 0 Å². The number of carbonyl (C=O) groups excluding carboxylic acids is 2. The molecule has 2 saturated heterocycles. The molecule has 1 atom stereocenters. The monoisotopic (exact) mass is 280 g/mol. The molecule has 0 aromatic rings. The van der Waals surface area contributed by atoms with E-state index in [1.54, 1.807) is 0 Å². The highest BCUT2D eigenvalue weighted by Gasteiger charge is 2.36. The number of carbonyl (C=O) groups is 2. The van der Waals surface area contributed by atoms with Crippen molar-refractivity contribution < 1.29 is 9.59 Å². The van der Waals surface area contributed by atoms with Gasteiger partial charge in [-0.25, -0.2) is 0 Å². The number of likely N-dealkylation sites (tertiary alicyclic amines) is 2. The van der Waals surface area contributed by atoms with Gasteiger partial charge in [-0.15, -0.1) is 0 Å². The van der Waals surface area contributed by atoms with Crippen molar-refractivity contribution in [3.63, 3.8) is 0 Å². The SMILES string of the molecule is CC1CCN(C(=O)C2CCCCN2C(=O)C(C)C)CC1. The second-order valence-corrected chi connectivity index (χ2v) is 6.71. The number of piperidine rings is 2. The lowest BCUT2D eigenvalue weighted by atomic mass is 9.95. The van der Waals surface area contributed by atoms with Gasteiger partial charge in [-0.3, -0.25) is 9.59 Å². The molecule has 2 rings (SSSR count). The van der Waals surface area contributed by atoms with Crippen LogP contribution in [-0.4, -0.2) is 47.3 Å². The smallest absolute Gasteiger partial charge is 0.245 e. The second kappa shape index (κ2) is 6.59. The molecule has 2 fully saturated rings. The Bertz CT molecular complexity index is 359. The Morgan fingerprint density at radius 1 is 1.00 bits per heavy atom. The van der Waals surface area contributed by atoms with Crippen molar-refractivity contribution in [3.8, 4) is 0 Å². The molecule has 0 bridgehead atoms. The molecule has 0 spiro atoms. The van der Waals surface area contributed by atoms with Gasteiger partial charge in [0.1, 0.15) is 6.04 Å². The van der Waals surface area contributed by atoms with E-state index >= 15 is 0 Å². The molecule has 2 aliphatic heterocycles. The van der Waals surface area contributed by atoms with Gasteiger partial charge in [-0.1, -0.05) is 20.8 Å². The van der Waals surface area contributed by atoms with Crippen molar-refractivity contribution in [3.05, 3.63) is 0 Å². The number of nitrogens with zero attached hydrogens (tertiary/aromatic N) is 2. The van der Waals surface area contributed by atoms with E-state index in [4.69, 9.17) is 0 Å². The van der Waals surface area contributed by atoms with Gasteiger partial charge in [0.25, 0.3) is 0 Å². The molecule has 20 heavy (non-hydrogen) atoms. The Balaban J connectivity index is 2.03. The average molecular weight is 280 g/mol. The third kappa shape index (κ3) is 3.33. The summed E-state index contributed by atoms with van der Waals surface area (Å²) in [6.07, 6.45) is 5.11. The van der Waals surface area contributed by atoms with E-state index in [-0.39, 0.29) is 23.8 Å². The number of hydrogen-bond donors (Lipinski definition) is 0. The Morgan fingerprint density at radius 2 is 1.65 bits per heavy atom. The van der Waals surface area contributed by atoms with Crippen LogP contribution in [0.15, 0.2) is 0 Å². The molecule has 1 unspecified atom stereocenters. The van der Waals surface area contributed by atoms with Gasteiger partial charge in [-0.05, 0) is 38.0 Å². The lowest BCUT2D eigenvalue weighted by Gasteiger charge is -2.40. The van der Waals surface area contributed by atoms with Gasteiger partial charge in [0.05, 0.1) is 0 Å². The van der Waals surface area contributed by atoms with E-state index in [2.05, 4.69) is 6.92 Å². The Kier molecular flexibility index (Phi) is 5.06. The average Bonchev–Trinajstić information content (AvgIpc) is 2.46. The molecule has 2 amide bonds. The highest BCUT2D eigenvalue weighted by molar-refractivity contribution is 5.88. The lowest BCUT2D eigenvalue weighted by molar-refractivity contribution is -0.150. The molecule has 4 heteroatoms. The molecule has 0 aliphatic carbocycles. The summed E-state index contributed by atoms with van der Waals surface area (Å²) in [6.45, 7) is 8.55. The predicted molar refractivity (Wildman–Crippen MR) is 79.2 cm³/mol. The maximum Gasteiger partial charge on any atom is 0.245 e. The number of hydrogen-bond acceptors (Lipinski definition) is 2. The fourth-order valence-corrected chi connectivity index (χ4v) is 3.22. The normalized spacial score (nSPS) is 25.1. The topological polar surface area (TPSA) is 40.6 Å². The lowest BCUT2D eigenvalue weighted by Crippen LogP contribution is -2.55. The van der Waals surface area contributed by atoms with Crippen molar-refractivity contribution in [1.29, 1.82) is 0 Å². The molecule has 0 N–H and O–H groups in total. The summed E-state index contributed by atoms with van der Waals surface area (Å²) in [6, 6.07) is -0.202. The minimum atomic E-state index is -0.202. The first-order valence-electron chi connectivity index (χ1n) is 8.10. The summed E-state index contributed by atoms with van der Waals surface area (Å²) in [5, 5.41) is 0. The van der Waals surface area contributed by atoms with E-state index in [0.29, 0.717) is 0 Å². The van der Waals surface area contributed by atoms with E-state index < -0.39 is 0 Å². The van der Waals surface area contributed by atoms with Crippen LogP contribution < -0.4 is 0 Å². The number of amides is 2. The third-order valence-electron chi connectivity index (χ3n) is 4.66. The highest BCUT2D eigenvalue weighted by atomic mass is 16.2. The van der Waals surface area contributed by atoms with Crippen LogP contribution in [0.4, 0.5) is 0 Å². The largest absolute Gasteiger partial charge is 0.341 e. The van der Waals surface area contributed by atoms with E-state index in [0.717, 1.165) is 57.7 Å². The summed E-state index contributed by atoms with van der Waals surface area (Å²) in [7, 11) is 0. The molecular formula is C16H28N2O2. The zero-order valence-electron chi connectivity index (χ0n) is 13.1. The van der Waals surface area contributed by atoms with Gasteiger partial charge in [0.2, 0.25) is 11.8 Å². The molecule has 0 aromatic carbocycles. The molecule has 114 valence electrons. The van der Waals surface area contributed by atoms with Crippen molar-refractivity contribution in [1.82, 2.24) is 9.80 Å². The summed E-state index contributed by atoms with van der Waals surface area (Å²) in [5.74, 6) is 1.02. The molecule has 2 heterocycles.